The Morgan fingerprint density at radius 2 is 1.73 bits per heavy atom. The number of rotatable bonds is 6. The summed E-state index contributed by atoms with van der Waals surface area (Å²) in [6.07, 6.45) is 1.21. The monoisotopic (exact) mass is 741 g/mol. The fourth-order valence-corrected chi connectivity index (χ4v) is 9.42. The van der Waals surface area contributed by atoms with Crippen LogP contribution in [0.5, 0.6) is 0 Å². The van der Waals surface area contributed by atoms with Crippen LogP contribution in [0, 0.1) is 29.5 Å². The topological polar surface area (TPSA) is 108 Å². The number of ether oxygens (including phenoxy) is 1. The summed E-state index contributed by atoms with van der Waals surface area (Å²) in [5.74, 6) is 0.532. The zero-order valence-electron chi connectivity index (χ0n) is 31.8. The molecule has 7 rings (SSSR count). The fraction of sp³-hybridized carbons (Fsp3) is 0.513. The predicted molar refractivity (Wildman–Crippen MR) is 206 cm³/mol. The van der Waals surface area contributed by atoms with E-state index in [0.29, 0.717) is 34.4 Å². The molecule has 2 aliphatic heterocycles. The summed E-state index contributed by atoms with van der Waals surface area (Å²) in [5, 5.41) is 10.8. The molecule has 1 atom stereocenters. The number of aromatic nitrogens is 3. The third-order valence-corrected chi connectivity index (χ3v) is 16.5. The van der Waals surface area contributed by atoms with E-state index in [1.807, 2.05) is 27.8 Å². The van der Waals surface area contributed by atoms with Crippen molar-refractivity contribution in [2.24, 2.45) is 5.41 Å². The van der Waals surface area contributed by atoms with Crippen molar-refractivity contribution < 1.29 is 18.3 Å². The lowest BCUT2D eigenvalue weighted by molar-refractivity contribution is -0.0454. The maximum Gasteiger partial charge on any atom is 0.410 e. The van der Waals surface area contributed by atoms with Gasteiger partial charge in [-0.05, 0) is 94.6 Å². The summed E-state index contributed by atoms with van der Waals surface area (Å²) in [6, 6.07) is 10.5. The van der Waals surface area contributed by atoms with Crippen LogP contribution in [0.1, 0.15) is 75.8 Å². The average Bonchev–Trinajstić information content (AvgIpc) is 3.61. The number of anilines is 3. The Morgan fingerprint density at radius 1 is 1.06 bits per heavy atom. The van der Waals surface area contributed by atoms with Gasteiger partial charge >= 0.3 is 6.09 Å². The quantitative estimate of drug-likeness (QED) is 0.179. The Labute approximate surface area is 310 Å². The molecule has 10 nitrogen and oxygen atoms in total. The molecule has 13 heteroatoms. The summed E-state index contributed by atoms with van der Waals surface area (Å²) in [5.41, 5.74) is 6.31. The molecule has 274 valence electrons. The van der Waals surface area contributed by atoms with Gasteiger partial charge in [0.05, 0.1) is 23.0 Å². The summed E-state index contributed by atoms with van der Waals surface area (Å²) in [4.78, 5) is 34.8. The van der Waals surface area contributed by atoms with Gasteiger partial charge in [-0.15, -0.1) is 0 Å². The third kappa shape index (κ3) is 6.43. The smallest absolute Gasteiger partial charge is 0.410 e. The largest absolute Gasteiger partial charge is 0.444 e. The van der Waals surface area contributed by atoms with Gasteiger partial charge in [0.25, 0.3) is 0 Å². The predicted octanol–water partition coefficient (Wildman–Crippen LogP) is 8.91. The second kappa shape index (κ2) is 12.5. The molecule has 0 radical (unpaired) electrons. The second-order valence-corrected chi connectivity index (χ2v) is 23.0. The van der Waals surface area contributed by atoms with Crippen molar-refractivity contribution in [1.29, 1.82) is 5.26 Å². The summed E-state index contributed by atoms with van der Waals surface area (Å²) in [7, 11) is -0.138. The Morgan fingerprint density at radius 3 is 2.35 bits per heavy atom. The van der Waals surface area contributed by atoms with Gasteiger partial charge in [0.1, 0.15) is 39.4 Å². The lowest BCUT2D eigenvalue weighted by Gasteiger charge is -2.60. The second-order valence-electron chi connectivity index (χ2n) is 17.3. The van der Waals surface area contributed by atoms with E-state index >= 15 is 0 Å². The molecule has 3 aromatic heterocycles. The van der Waals surface area contributed by atoms with Crippen LogP contribution in [0.25, 0.3) is 22.3 Å². The van der Waals surface area contributed by atoms with Crippen molar-refractivity contribution in [3.63, 3.8) is 0 Å². The van der Waals surface area contributed by atoms with Crippen molar-refractivity contribution in [3.8, 4) is 17.3 Å². The van der Waals surface area contributed by atoms with Gasteiger partial charge in [0.2, 0.25) is 0 Å². The van der Waals surface area contributed by atoms with Crippen molar-refractivity contribution in [2.75, 3.05) is 43.0 Å². The van der Waals surface area contributed by atoms with Crippen molar-refractivity contribution >= 4 is 53.4 Å². The molecule has 2 saturated heterocycles. The molecule has 1 aromatic carbocycles. The third-order valence-electron chi connectivity index (χ3n) is 11.0. The highest BCUT2D eigenvalue weighted by atomic mass is 32.1. The maximum atomic E-state index is 13.8. The van der Waals surface area contributed by atoms with E-state index in [9.17, 15) is 14.4 Å². The van der Waals surface area contributed by atoms with Gasteiger partial charge in [-0.3, -0.25) is 0 Å². The zero-order valence-corrected chi connectivity index (χ0v) is 33.7. The van der Waals surface area contributed by atoms with E-state index < -0.39 is 13.9 Å². The Balaban J connectivity index is 1.27. The van der Waals surface area contributed by atoms with Gasteiger partial charge < -0.3 is 23.9 Å². The molecule has 52 heavy (non-hydrogen) atoms. The summed E-state index contributed by atoms with van der Waals surface area (Å²) < 4.78 is 26.4. The molecule has 0 bridgehead atoms. The molecule has 3 aliphatic rings. The molecule has 1 spiro atoms. The standard InChI is InChI=1S/C39H48FN7O3SSi/c1-23-17-29(46-19-39(20-46)21-47(22-39)36(48)49-37(2,3)4)42-33-30(23)43-32-26(15-16-27(32)50-52(9,10)38(5,6)7)34(33)45(8)35-44-31(28(18-41)51-35)24-11-13-25(40)14-12-24/h11-14,17,27H,15-16,19-22H2,1-10H3. The molecule has 1 unspecified atom stereocenters. The van der Waals surface area contributed by atoms with E-state index in [1.54, 1.807) is 17.0 Å². The number of fused-ring (bicyclic) bond motifs is 2. The van der Waals surface area contributed by atoms with Crippen LogP contribution >= 0.6 is 11.3 Å². The van der Waals surface area contributed by atoms with E-state index in [0.717, 1.165) is 65.3 Å². The first-order valence-corrected chi connectivity index (χ1v) is 21.7. The molecule has 4 aromatic rings. The molecular weight excluding hydrogens is 694 g/mol. The number of carbonyl (C=O) groups is 1. The molecule has 1 amide bonds. The van der Waals surface area contributed by atoms with Gasteiger partial charge in [0.15, 0.2) is 13.4 Å². The van der Waals surface area contributed by atoms with Crippen LogP contribution in [0.15, 0.2) is 30.3 Å². The summed E-state index contributed by atoms with van der Waals surface area (Å²) in [6.45, 7) is 22.0. The van der Waals surface area contributed by atoms with Crippen LogP contribution in [0.3, 0.4) is 0 Å². The number of halogens is 1. The fourth-order valence-electron chi connectivity index (χ4n) is 7.27. The van der Waals surface area contributed by atoms with Gasteiger partial charge in [0, 0.05) is 49.8 Å². The van der Waals surface area contributed by atoms with Crippen LogP contribution in [0.4, 0.5) is 25.8 Å². The maximum absolute atomic E-state index is 13.8. The highest BCUT2D eigenvalue weighted by Gasteiger charge is 2.54. The Hall–Kier alpha value is -4.12. The first kappa shape index (κ1) is 36.2. The summed E-state index contributed by atoms with van der Waals surface area (Å²) >= 11 is 1.31. The van der Waals surface area contributed by atoms with E-state index in [4.69, 9.17) is 24.1 Å². The van der Waals surface area contributed by atoms with Crippen molar-refractivity contribution in [3.05, 3.63) is 57.8 Å². The van der Waals surface area contributed by atoms with Crippen LogP contribution < -0.4 is 9.80 Å². The van der Waals surface area contributed by atoms with E-state index in [-0.39, 0.29) is 28.5 Å². The number of hydrogen-bond acceptors (Lipinski definition) is 10. The van der Waals surface area contributed by atoms with Crippen molar-refractivity contribution in [2.45, 2.75) is 91.1 Å². The number of nitrogens with zero attached hydrogens (tertiary/aromatic N) is 7. The molecule has 0 N–H and O–H groups in total. The van der Waals surface area contributed by atoms with Crippen LogP contribution in [0.2, 0.25) is 18.1 Å². The minimum Gasteiger partial charge on any atom is -0.444 e. The Bertz CT molecular complexity index is 2100. The van der Waals surface area contributed by atoms with Gasteiger partial charge in [-0.1, -0.05) is 32.1 Å². The lowest BCUT2D eigenvalue weighted by atomic mass is 9.73. The SMILES string of the molecule is Cc1cc(N2CC3(CN(C(=O)OC(C)(C)C)C3)C2)nc2c(N(C)c3nc(-c4ccc(F)cc4)c(C#N)s3)c3c(nc12)C(O[Si](C)(C)C(C)(C)C)CC3. The molecule has 2 fully saturated rings. The molecule has 0 saturated carbocycles. The highest BCUT2D eigenvalue weighted by Crippen LogP contribution is 2.49. The normalized spacial score (nSPS) is 18.2. The molecule has 1 aliphatic carbocycles. The van der Waals surface area contributed by atoms with E-state index in [1.165, 1.54) is 23.5 Å². The van der Waals surface area contributed by atoms with Gasteiger partial charge in [-0.25, -0.2) is 24.1 Å². The minimum atomic E-state index is -2.12. The average molecular weight is 742 g/mol. The molecule has 5 heterocycles. The van der Waals surface area contributed by atoms with Crippen LogP contribution in [-0.2, 0) is 15.6 Å². The Kier molecular flexibility index (Phi) is 8.71. The number of aryl methyl sites for hydroxylation is 1. The number of thiazole rings is 1. The highest BCUT2D eigenvalue weighted by molar-refractivity contribution is 7.16. The number of likely N-dealkylation sites (tertiary alicyclic amines) is 1. The first-order chi connectivity index (χ1) is 24.3. The van der Waals surface area contributed by atoms with E-state index in [2.05, 4.69) is 62.7 Å². The number of amides is 1. The zero-order chi connectivity index (χ0) is 37.5. The number of hydrogen-bond donors (Lipinski definition) is 0. The number of pyridine rings is 2. The minimum absolute atomic E-state index is 0.0386. The number of nitriles is 1. The van der Waals surface area contributed by atoms with Crippen LogP contribution in [-0.4, -0.2) is 73.1 Å². The molecular formula is C39H48FN7O3SSi. The van der Waals surface area contributed by atoms with Gasteiger partial charge in [-0.2, -0.15) is 5.26 Å². The number of benzene rings is 1. The first-order valence-electron chi connectivity index (χ1n) is 17.9. The van der Waals surface area contributed by atoms with Crippen molar-refractivity contribution in [1.82, 2.24) is 19.9 Å². The lowest BCUT2D eigenvalue weighted by Crippen LogP contribution is -2.73. The number of carbonyl (C=O) groups excluding carboxylic acids is 1.